The number of amides is 1. The average molecular weight is 391 g/mol. The van der Waals surface area contributed by atoms with E-state index in [4.69, 9.17) is 4.74 Å². The third kappa shape index (κ3) is 5.78. The number of nitrogens with zero attached hydrogens (tertiary/aromatic N) is 1. The van der Waals surface area contributed by atoms with E-state index in [1.165, 1.54) is 35.6 Å². The van der Waals surface area contributed by atoms with Gasteiger partial charge in [0.15, 0.2) is 0 Å². The minimum atomic E-state index is -3.68. The first-order valence-corrected chi connectivity index (χ1v) is 10.0. The average Bonchev–Trinajstić information content (AvgIpc) is 2.70. The first-order chi connectivity index (χ1) is 13.0. The van der Waals surface area contributed by atoms with Crippen LogP contribution in [0.2, 0.25) is 0 Å². The van der Waals surface area contributed by atoms with Gasteiger partial charge in [0, 0.05) is 39.4 Å². The molecule has 0 aliphatic carbocycles. The van der Waals surface area contributed by atoms with Crippen molar-refractivity contribution in [3.8, 4) is 0 Å². The number of carbonyl (C=O) groups excluding carboxylic acids is 1. The zero-order valence-electron chi connectivity index (χ0n) is 15.5. The molecule has 0 aromatic heterocycles. The predicted octanol–water partition coefficient (Wildman–Crippen LogP) is 1.48. The zero-order valence-corrected chi connectivity index (χ0v) is 16.3. The lowest BCUT2D eigenvalue weighted by Gasteiger charge is -2.19. The number of hydrogen-bond acceptors (Lipinski definition) is 5. The van der Waals surface area contributed by atoms with E-state index in [0.717, 1.165) is 0 Å². The van der Waals surface area contributed by atoms with Crippen LogP contribution < -0.4 is 14.9 Å². The van der Waals surface area contributed by atoms with Gasteiger partial charge in [0.1, 0.15) is 0 Å². The van der Waals surface area contributed by atoms with E-state index in [-0.39, 0.29) is 10.8 Å². The van der Waals surface area contributed by atoms with Crippen LogP contribution in [0.4, 0.5) is 5.69 Å². The second-order valence-corrected chi connectivity index (χ2v) is 7.80. The molecule has 0 heterocycles. The zero-order chi connectivity index (χ0) is 19.7. The number of nitrogens with one attached hydrogen (secondary N) is 2. The van der Waals surface area contributed by atoms with E-state index >= 15 is 0 Å². The Labute approximate surface area is 160 Å². The van der Waals surface area contributed by atoms with Crippen LogP contribution in [0.3, 0.4) is 0 Å². The van der Waals surface area contributed by atoms with Gasteiger partial charge < -0.3 is 15.4 Å². The molecule has 0 spiro atoms. The Morgan fingerprint density at radius 2 is 1.67 bits per heavy atom. The quantitative estimate of drug-likeness (QED) is 0.599. The number of anilines is 1. The molecule has 2 aromatic rings. The lowest BCUT2D eigenvalue weighted by atomic mass is 10.2. The van der Waals surface area contributed by atoms with Crippen molar-refractivity contribution < 1.29 is 17.9 Å². The summed E-state index contributed by atoms with van der Waals surface area (Å²) in [6, 6.07) is 14.7. The Morgan fingerprint density at radius 3 is 2.30 bits per heavy atom. The van der Waals surface area contributed by atoms with Gasteiger partial charge >= 0.3 is 0 Å². The van der Waals surface area contributed by atoms with Crippen molar-refractivity contribution in [3.63, 3.8) is 0 Å². The van der Waals surface area contributed by atoms with Crippen LogP contribution in [0, 0.1) is 0 Å². The Kier molecular flexibility index (Phi) is 7.78. The highest BCUT2D eigenvalue weighted by Gasteiger charge is 2.21. The summed E-state index contributed by atoms with van der Waals surface area (Å²) in [5.74, 6) is -0.246. The van der Waals surface area contributed by atoms with Crippen LogP contribution in [0.15, 0.2) is 59.5 Å². The molecule has 7 nitrogen and oxygen atoms in total. The van der Waals surface area contributed by atoms with E-state index in [2.05, 4.69) is 10.6 Å². The molecule has 146 valence electrons. The van der Waals surface area contributed by atoms with E-state index < -0.39 is 10.0 Å². The van der Waals surface area contributed by atoms with E-state index in [9.17, 15) is 13.2 Å². The number of benzene rings is 2. The predicted molar refractivity (Wildman–Crippen MR) is 106 cm³/mol. The van der Waals surface area contributed by atoms with Gasteiger partial charge in [-0.05, 0) is 36.4 Å². The Balaban J connectivity index is 1.96. The second kappa shape index (κ2) is 10.1. The molecule has 0 radical (unpaired) electrons. The molecule has 0 saturated heterocycles. The number of ether oxygens (including phenoxy) is 1. The molecular weight excluding hydrogens is 366 g/mol. The second-order valence-electron chi connectivity index (χ2n) is 5.83. The van der Waals surface area contributed by atoms with Crippen LogP contribution >= 0.6 is 0 Å². The van der Waals surface area contributed by atoms with Gasteiger partial charge in [0.2, 0.25) is 0 Å². The van der Waals surface area contributed by atoms with Crippen molar-refractivity contribution >= 4 is 21.6 Å². The first-order valence-electron chi connectivity index (χ1n) is 8.58. The summed E-state index contributed by atoms with van der Waals surface area (Å²) in [6.07, 6.45) is 0. The topological polar surface area (TPSA) is 87.7 Å². The first kappa shape index (κ1) is 20.9. The maximum Gasteiger partial charge on any atom is 0.264 e. The summed E-state index contributed by atoms with van der Waals surface area (Å²) in [6.45, 7) is 2.43. The van der Waals surface area contributed by atoms with E-state index in [1.807, 2.05) is 6.07 Å². The largest absolute Gasteiger partial charge is 0.383 e. The summed E-state index contributed by atoms with van der Waals surface area (Å²) in [5.41, 5.74) is 0.980. The van der Waals surface area contributed by atoms with Gasteiger partial charge in [-0.2, -0.15) is 0 Å². The number of methoxy groups -OCH3 is 1. The smallest absolute Gasteiger partial charge is 0.264 e. The molecule has 2 rings (SSSR count). The molecule has 2 aromatic carbocycles. The van der Waals surface area contributed by atoms with Gasteiger partial charge in [0.05, 0.1) is 17.2 Å². The molecule has 1 amide bonds. The highest BCUT2D eigenvalue weighted by Crippen LogP contribution is 2.21. The standard InChI is InChI=1S/C19H25N3O4S/c1-22(17-6-4-3-5-7-17)27(24,25)18-10-8-16(9-11-18)19(23)21-13-12-20-14-15-26-2/h3-11,20H,12-15H2,1-2H3,(H,21,23). The molecule has 0 bridgehead atoms. The fourth-order valence-electron chi connectivity index (χ4n) is 2.38. The van der Waals surface area contributed by atoms with Crippen molar-refractivity contribution in [1.82, 2.24) is 10.6 Å². The number of sulfonamides is 1. The van der Waals surface area contributed by atoms with Gasteiger partial charge in [-0.1, -0.05) is 18.2 Å². The molecular formula is C19H25N3O4S. The summed E-state index contributed by atoms with van der Waals surface area (Å²) >= 11 is 0. The van der Waals surface area contributed by atoms with E-state index in [0.29, 0.717) is 37.5 Å². The molecule has 8 heteroatoms. The molecule has 0 unspecified atom stereocenters. The Bertz CT molecular complexity index is 824. The van der Waals surface area contributed by atoms with Crippen molar-refractivity contribution in [2.75, 3.05) is 44.7 Å². The number of carbonyl (C=O) groups is 1. The minimum absolute atomic E-state index is 0.131. The van der Waals surface area contributed by atoms with Crippen molar-refractivity contribution in [2.45, 2.75) is 4.90 Å². The van der Waals surface area contributed by atoms with E-state index in [1.54, 1.807) is 31.4 Å². The number of hydrogen-bond donors (Lipinski definition) is 2. The summed E-state index contributed by atoms with van der Waals surface area (Å²) in [7, 11) is -0.553. The molecule has 0 aliphatic heterocycles. The van der Waals surface area contributed by atoms with Crippen LogP contribution in [-0.4, -0.2) is 54.7 Å². The minimum Gasteiger partial charge on any atom is -0.383 e. The number of para-hydroxylation sites is 1. The van der Waals surface area contributed by atoms with Crippen LogP contribution in [0.25, 0.3) is 0 Å². The van der Waals surface area contributed by atoms with Gasteiger partial charge in [0.25, 0.3) is 15.9 Å². The highest BCUT2D eigenvalue weighted by molar-refractivity contribution is 7.92. The molecule has 0 fully saturated rings. The van der Waals surface area contributed by atoms with Crippen LogP contribution in [0.1, 0.15) is 10.4 Å². The molecule has 0 aliphatic rings. The van der Waals surface area contributed by atoms with Gasteiger partial charge in [-0.15, -0.1) is 0 Å². The van der Waals surface area contributed by atoms with Crippen LogP contribution in [-0.2, 0) is 14.8 Å². The SMILES string of the molecule is COCCNCCNC(=O)c1ccc(S(=O)(=O)N(C)c2ccccc2)cc1. The molecule has 0 atom stereocenters. The van der Waals surface area contributed by atoms with Crippen molar-refractivity contribution in [3.05, 3.63) is 60.2 Å². The van der Waals surface area contributed by atoms with Gasteiger partial charge in [-0.3, -0.25) is 9.10 Å². The summed E-state index contributed by atoms with van der Waals surface area (Å²) in [4.78, 5) is 12.3. The lowest BCUT2D eigenvalue weighted by Crippen LogP contribution is -2.33. The fraction of sp³-hybridized carbons (Fsp3) is 0.316. The van der Waals surface area contributed by atoms with Crippen molar-refractivity contribution in [1.29, 1.82) is 0 Å². The molecule has 27 heavy (non-hydrogen) atoms. The maximum atomic E-state index is 12.7. The normalized spacial score (nSPS) is 11.2. The molecule has 2 N–H and O–H groups in total. The van der Waals surface area contributed by atoms with Crippen LogP contribution in [0.5, 0.6) is 0 Å². The fourth-order valence-corrected chi connectivity index (χ4v) is 3.57. The number of rotatable bonds is 10. The summed E-state index contributed by atoms with van der Waals surface area (Å²) < 4.78 is 31.6. The van der Waals surface area contributed by atoms with Gasteiger partial charge in [-0.25, -0.2) is 8.42 Å². The van der Waals surface area contributed by atoms with Crippen molar-refractivity contribution in [2.24, 2.45) is 0 Å². The Hall–Kier alpha value is -2.42. The highest BCUT2D eigenvalue weighted by atomic mass is 32.2. The lowest BCUT2D eigenvalue weighted by molar-refractivity contribution is 0.0953. The maximum absolute atomic E-state index is 12.7. The third-order valence-electron chi connectivity index (χ3n) is 3.97. The Morgan fingerprint density at radius 1 is 1.00 bits per heavy atom. The monoisotopic (exact) mass is 391 g/mol. The third-order valence-corrected chi connectivity index (χ3v) is 5.76. The summed E-state index contributed by atoms with van der Waals surface area (Å²) in [5, 5.41) is 5.91. The molecule has 0 saturated carbocycles.